The van der Waals surface area contributed by atoms with Crippen molar-refractivity contribution >= 4 is 21.9 Å². The summed E-state index contributed by atoms with van der Waals surface area (Å²) in [5.41, 5.74) is 1.10. The van der Waals surface area contributed by atoms with Crippen LogP contribution in [0.15, 0.2) is 28.7 Å². The normalized spacial score (nSPS) is 25.8. The lowest BCUT2D eigenvalue weighted by atomic mass is 9.81. The summed E-state index contributed by atoms with van der Waals surface area (Å²) in [6.45, 7) is 1.66. The van der Waals surface area contributed by atoms with Crippen molar-refractivity contribution in [2.24, 2.45) is 5.92 Å². The van der Waals surface area contributed by atoms with Crippen LogP contribution >= 0.6 is 15.9 Å². The van der Waals surface area contributed by atoms with Gasteiger partial charge in [-0.2, -0.15) is 0 Å². The number of aliphatic carboxylic acids is 1. The number of hydrogen-bond acceptors (Lipinski definition) is 2. The van der Waals surface area contributed by atoms with Gasteiger partial charge in [0, 0.05) is 16.9 Å². The van der Waals surface area contributed by atoms with E-state index in [4.69, 9.17) is 0 Å². The zero-order valence-electron chi connectivity index (χ0n) is 9.77. The molecule has 1 aliphatic rings. The van der Waals surface area contributed by atoms with Crippen LogP contribution in [0.1, 0.15) is 17.9 Å². The van der Waals surface area contributed by atoms with E-state index in [0.29, 0.717) is 0 Å². The molecule has 1 aromatic rings. The summed E-state index contributed by atoms with van der Waals surface area (Å²) in [5.74, 6) is -0.884. The molecule has 1 saturated heterocycles. The van der Waals surface area contributed by atoms with Crippen molar-refractivity contribution in [3.8, 4) is 0 Å². The quantitative estimate of drug-likeness (QED) is 0.912. The van der Waals surface area contributed by atoms with Gasteiger partial charge in [-0.05, 0) is 31.6 Å². The highest BCUT2D eigenvalue weighted by Gasteiger charge is 2.34. The first kappa shape index (κ1) is 12.6. The Morgan fingerprint density at radius 2 is 2.18 bits per heavy atom. The molecule has 1 fully saturated rings. The summed E-state index contributed by atoms with van der Waals surface area (Å²) in [6.07, 6.45) is 0.720. The van der Waals surface area contributed by atoms with Crippen LogP contribution in [0.3, 0.4) is 0 Å². The lowest BCUT2D eigenvalue weighted by Crippen LogP contribution is -2.40. The highest BCUT2D eigenvalue weighted by Crippen LogP contribution is 2.35. The standard InChI is InChI=1S/C13H16BrNO2/c1-15-7-6-10(13(16)17)11(8-15)9-4-2-3-5-12(9)14/h2-5,10-11H,6-8H2,1H3,(H,16,17). The van der Waals surface area contributed by atoms with Crippen LogP contribution in [-0.4, -0.2) is 36.1 Å². The number of benzene rings is 1. The van der Waals surface area contributed by atoms with Gasteiger partial charge < -0.3 is 10.0 Å². The zero-order chi connectivity index (χ0) is 12.4. The van der Waals surface area contributed by atoms with E-state index < -0.39 is 5.97 Å². The first-order valence-corrected chi connectivity index (χ1v) is 6.54. The molecule has 2 atom stereocenters. The Kier molecular flexibility index (Phi) is 3.84. The number of carboxylic acid groups (broad SMARTS) is 1. The topological polar surface area (TPSA) is 40.5 Å². The second kappa shape index (κ2) is 5.19. The smallest absolute Gasteiger partial charge is 0.307 e. The maximum Gasteiger partial charge on any atom is 0.307 e. The van der Waals surface area contributed by atoms with Gasteiger partial charge in [0.2, 0.25) is 0 Å². The van der Waals surface area contributed by atoms with Crippen molar-refractivity contribution in [3.63, 3.8) is 0 Å². The molecule has 4 heteroatoms. The average Bonchev–Trinajstić information content (AvgIpc) is 2.29. The summed E-state index contributed by atoms with van der Waals surface area (Å²) < 4.78 is 1.01. The van der Waals surface area contributed by atoms with Crippen molar-refractivity contribution < 1.29 is 9.90 Å². The number of carboxylic acids is 1. The molecule has 0 spiro atoms. The molecule has 1 aromatic carbocycles. The number of carbonyl (C=O) groups is 1. The van der Waals surface area contributed by atoms with Crippen molar-refractivity contribution in [1.29, 1.82) is 0 Å². The Morgan fingerprint density at radius 3 is 2.82 bits per heavy atom. The SMILES string of the molecule is CN1CCC(C(=O)O)C(c2ccccc2Br)C1. The van der Waals surface area contributed by atoms with Crippen molar-refractivity contribution in [2.45, 2.75) is 12.3 Å². The lowest BCUT2D eigenvalue weighted by Gasteiger charge is -2.35. The second-order valence-corrected chi connectivity index (χ2v) is 5.48. The van der Waals surface area contributed by atoms with E-state index in [1.807, 2.05) is 31.3 Å². The number of hydrogen-bond donors (Lipinski definition) is 1. The average molecular weight is 298 g/mol. The van der Waals surface area contributed by atoms with Gasteiger partial charge in [-0.15, -0.1) is 0 Å². The fourth-order valence-electron chi connectivity index (χ4n) is 2.50. The van der Waals surface area contributed by atoms with Crippen molar-refractivity contribution in [2.75, 3.05) is 20.1 Å². The molecule has 1 aliphatic heterocycles. The molecule has 1 heterocycles. The third-order valence-electron chi connectivity index (χ3n) is 3.44. The van der Waals surface area contributed by atoms with Gasteiger partial charge in [0.15, 0.2) is 0 Å². The fourth-order valence-corrected chi connectivity index (χ4v) is 3.08. The lowest BCUT2D eigenvalue weighted by molar-refractivity contribution is -0.144. The highest BCUT2D eigenvalue weighted by atomic mass is 79.9. The molecule has 0 radical (unpaired) electrons. The minimum absolute atomic E-state index is 0.0711. The van der Waals surface area contributed by atoms with E-state index >= 15 is 0 Å². The minimum atomic E-state index is -0.682. The van der Waals surface area contributed by atoms with Gasteiger partial charge in [0.25, 0.3) is 0 Å². The Labute approximate surface area is 110 Å². The predicted molar refractivity (Wildman–Crippen MR) is 70.1 cm³/mol. The Morgan fingerprint density at radius 1 is 1.47 bits per heavy atom. The minimum Gasteiger partial charge on any atom is -0.481 e. The molecule has 0 bridgehead atoms. The number of piperidine rings is 1. The van der Waals surface area contributed by atoms with Crippen LogP contribution in [0.5, 0.6) is 0 Å². The van der Waals surface area contributed by atoms with Crippen molar-refractivity contribution in [1.82, 2.24) is 4.90 Å². The molecule has 17 heavy (non-hydrogen) atoms. The predicted octanol–water partition coefficient (Wildman–Crippen LogP) is 2.57. The van der Waals surface area contributed by atoms with Crippen LogP contribution in [0, 0.1) is 5.92 Å². The van der Waals surface area contributed by atoms with Gasteiger partial charge in [0.1, 0.15) is 0 Å². The molecule has 0 amide bonds. The maximum absolute atomic E-state index is 11.3. The van der Waals surface area contributed by atoms with E-state index in [9.17, 15) is 9.90 Å². The molecule has 92 valence electrons. The number of nitrogens with zero attached hydrogens (tertiary/aromatic N) is 1. The fraction of sp³-hybridized carbons (Fsp3) is 0.462. The summed E-state index contributed by atoms with van der Waals surface area (Å²) in [7, 11) is 2.04. The van der Waals surface area contributed by atoms with Gasteiger partial charge in [0.05, 0.1) is 5.92 Å². The molecule has 2 unspecified atom stereocenters. The Bertz CT molecular complexity index is 422. The molecule has 0 aliphatic carbocycles. The van der Waals surface area contributed by atoms with E-state index in [0.717, 1.165) is 29.5 Å². The Balaban J connectivity index is 2.32. The molecule has 0 saturated carbocycles. The number of halogens is 1. The largest absolute Gasteiger partial charge is 0.481 e. The van der Waals surface area contributed by atoms with Crippen LogP contribution in [0.2, 0.25) is 0 Å². The van der Waals surface area contributed by atoms with E-state index in [1.165, 1.54) is 0 Å². The van der Waals surface area contributed by atoms with Gasteiger partial charge in [-0.1, -0.05) is 34.1 Å². The highest BCUT2D eigenvalue weighted by molar-refractivity contribution is 9.10. The molecule has 0 aromatic heterocycles. The van der Waals surface area contributed by atoms with Crippen LogP contribution in [0.25, 0.3) is 0 Å². The van der Waals surface area contributed by atoms with Gasteiger partial charge in [-0.25, -0.2) is 0 Å². The summed E-state index contributed by atoms with van der Waals surface area (Å²) in [5, 5.41) is 9.31. The van der Waals surface area contributed by atoms with Gasteiger partial charge >= 0.3 is 5.97 Å². The van der Waals surface area contributed by atoms with Crippen molar-refractivity contribution in [3.05, 3.63) is 34.3 Å². The molecular formula is C13H16BrNO2. The van der Waals surface area contributed by atoms with Crippen LogP contribution in [0.4, 0.5) is 0 Å². The number of likely N-dealkylation sites (N-methyl/N-ethyl adjacent to an activating group) is 1. The summed E-state index contributed by atoms with van der Waals surface area (Å²) in [4.78, 5) is 13.5. The first-order chi connectivity index (χ1) is 8.09. The van der Waals surface area contributed by atoms with Gasteiger partial charge in [-0.3, -0.25) is 4.79 Å². The summed E-state index contributed by atoms with van der Waals surface area (Å²) >= 11 is 3.52. The third kappa shape index (κ3) is 2.69. The molecule has 2 rings (SSSR count). The summed E-state index contributed by atoms with van der Waals surface area (Å²) in [6, 6.07) is 7.91. The monoisotopic (exact) mass is 297 g/mol. The van der Waals surface area contributed by atoms with Crippen LogP contribution in [-0.2, 0) is 4.79 Å². The first-order valence-electron chi connectivity index (χ1n) is 5.75. The molecular weight excluding hydrogens is 282 g/mol. The zero-order valence-corrected chi connectivity index (χ0v) is 11.4. The number of likely N-dealkylation sites (tertiary alicyclic amines) is 1. The number of rotatable bonds is 2. The Hall–Kier alpha value is -0.870. The maximum atomic E-state index is 11.3. The second-order valence-electron chi connectivity index (χ2n) is 4.62. The molecule has 1 N–H and O–H groups in total. The molecule has 3 nitrogen and oxygen atoms in total. The van der Waals surface area contributed by atoms with E-state index in [2.05, 4.69) is 20.8 Å². The third-order valence-corrected chi connectivity index (χ3v) is 4.16. The van der Waals surface area contributed by atoms with Crippen LogP contribution < -0.4 is 0 Å². The van der Waals surface area contributed by atoms with E-state index in [-0.39, 0.29) is 11.8 Å². The van der Waals surface area contributed by atoms with E-state index in [1.54, 1.807) is 0 Å².